The molecule has 8 heteroatoms. The molecule has 1 amide bonds. The predicted molar refractivity (Wildman–Crippen MR) is 108 cm³/mol. The van der Waals surface area contributed by atoms with Crippen LogP contribution < -0.4 is 14.4 Å². The largest absolute Gasteiger partial charge is 0.497 e. The Kier molecular flexibility index (Phi) is 5.78. The molecule has 2 aromatic carbocycles. The number of amides is 1. The predicted octanol–water partition coefficient (Wildman–Crippen LogP) is 3.56. The molecule has 1 aliphatic rings. The van der Waals surface area contributed by atoms with Gasteiger partial charge in [-0.05, 0) is 36.4 Å². The quantitative estimate of drug-likeness (QED) is 0.586. The van der Waals surface area contributed by atoms with Crippen LogP contribution in [-0.2, 0) is 9.59 Å². The van der Waals surface area contributed by atoms with E-state index in [0.29, 0.717) is 32.0 Å². The third kappa shape index (κ3) is 4.29. The van der Waals surface area contributed by atoms with E-state index < -0.39 is 12.6 Å². The number of anilines is 1. The molecular formula is C19H15NO5S2. The Morgan fingerprint density at radius 1 is 1.22 bits per heavy atom. The summed E-state index contributed by atoms with van der Waals surface area (Å²) < 4.78 is 10.8. The van der Waals surface area contributed by atoms with Crippen molar-refractivity contribution in [1.29, 1.82) is 0 Å². The van der Waals surface area contributed by atoms with Crippen molar-refractivity contribution in [3.05, 3.63) is 59.0 Å². The highest BCUT2D eigenvalue weighted by Gasteiger charge is 2.33. The van der Waals surface area contributed by atoms with Gasteiger partial charge in [-0.15, -0.1) is 0 Å². The van der Waals surface area contributed by atoms with Gasteiger partial charge in [-0.3, -0.25) is 9.69 Å². The Balaban J connectivity index is 1.87. The molecule has 138 valence electrons. The van der Waals surface area contributed by atoms with E-state index in [1.54, 1.807) is 61.7 Å². The maximum Gasteiger partial charge on any atom is 0.341 e. The first-order valence-corrected chi connectivity index (χ1v) is 9.07. The van der Waals surface area contributed by atoms with E-state index in [9.17, 15) is 9.59 Å². The highest BCUT2D eigenvalue weighted by molar-refractivity contribution is 8.27. The van der Waals surface area contributed by atoms with Crippen LogP contribution in [0.25, 0.3) is 6.08 Å². The number of rotatable bonds is 6. The molecule has 1 heterocycles. The van der Waals surface area contributed by atoms with Crippen LogP contribution in [0, 0.1) is 0 Å². The maximum absolute atomic E-state index is 12.8. The van der Waals surface area contributed by atoms with Gasteiger partial charge in [0.2, 0.25) is 0 Å². The van der Waals surface area contributed by atoms with E-state index >= 15 is 0 Å². The first kappa shape index (κ1) is 18.9. The fourth-order valence-electron chi connectivity index (χ4n) is 2.43. The van der Waals surface area contributed by atoms with Crippen LogP contribution in [-0.4, -0.2) is 35.0 Å². The normalized spacial score (nSPS) is 15.3. The van der Waals surface area contributed by atoms with Crippen molar-refractivity contribution in [2.75, 3.05) is 18.6 Å². The summed E-state index contributed by atoms with van der Waals surface area (Å²) in [6.45, 7) is -0.461. The number of carboxylic acids is 1. The van der Waals surface area contributed by atoms with E-state index in [2.05, 4.69) is 0 Å². The molecule has 1 saturated heterocycles. The van der Waals surface area contributed by atoms with Crippen LogP contribution >= 0.6 is 24.0 Å². The van der Waals surface area contributed by atoms with Gasteiger partial charge in [-0.1, -0.05) is 42.2 Å². The van der Waals surface area contributed by atoms with Crippen molar-refractivity contribution >= 4 is 51.9 Å². The van der Waals surface area contributed by atoms with Gasteiger partial charge >= 0.3 is 5.97 Å². The van der Waals surface area contributed by atoms with Gasteiger partial charge in [-0.25, -0.2) is 4.79 Å². The molecule has 0 atom stereocenters. The van der Waals surface area contributed by atoms with Crippen LogP contribution in [0.2, 0.25) is 0 Å². The molecule has 27 heavy (non-hydrogen) atoms. The SMILES string of the molecule is COc1ccc(N2C(=O)/C(=C\c3ccccc3OCC(=O)O)SC2=S)cc1. The zero-order chi connectivity index (χ0) is 19.4. The van der Waals surface area contributed by atoms with Gasteiger partial charge in [0.25, 0.3) is 5.91 Å². The summed E-state index contributed by atoms with van der Waals surface area (Å²) in [6, 6.07) is 13.9. The van der Waals surface area contributed by atoms with Gasteiger partial charge in [0.05, 0.1) is 17.7 Å². The molecule has 0 aromatic heterocycles. The molecule has 0 unspecified atom stereocenters. The first-order chi connectivity index (χ1) is 13.0. The Labute approximate surface area is 165 Å². The molecule has 1 N–H and O–H groups in total. The van der Waals surface area contributed by atoms with Crippen LogP contribution in [0.5, 0.6) is 11.5 Å². The van der Waals surface area contributed by atoms with Gasteiger partial charge in [0.15, 0.2) is 10.9 Å². The van der Waals surface area contributed by atoms with Gasteiger partial charge < -0.3 is 14.6 Å². The Bertz CT molecular complexity index is 924. The number of benzene rings is 2. The second-order valence-corrected chi connectivity index (χ2v) is 7.11. The fourth-order valence-corrected chi connectivity index (χ4v) is 3.72. The number of carboxylic acid groups (broad SMARTS) is 1. The molecule has 0 radical (unpaired) electrons. The van der Waals surface area contributed by atoms with E-state index in [0.717, 1.165) is 0 Å². The number of hydrogen-bond acceptors (Lipinski definition) is 6. The standard InChI is InChI=1S/C19H15NO5S2/c1-24-14-8-6-13(7-9-14)20-18(23)16(27-19(20)26)10-12-4-2-3-5-15(12)25-11-17(21)22/h2-10H,11H2,1H3,(H,21,22)/b16-10+. The highest BCUT2D eigenvalue weighted by atomic mass is 32.2. The highest BCUT2D eigenvalue weighted by Crippen LogP contribution is 2.37. The van der Waals surface area contributed by atoms with Crippen LogP contribution in [0.1, 0.15) is 5.56 Å². The fraction of sp³-hybridized carbons (Fsp3) is 0.105. The number of hydrogen-bond donors (Lipinski definition) is 1. The number of para-hydroxylation sites is 1. The second-order valence-electron chi connectivity index (χ2n) is 5.44. The maximum atomic E-state index is 12.8. The third-order valence-electron chi connectivity index (χ3n) is 3.68. The summed E-state index contributed by atoms with van der Waals surface area (Å²) in [7, 11) is 1.57. The molecule has 6 nitrogen and oxygen atoms in total. The lowest BCUT2D eigenvalue weighted by Gasteiger charge is -2.14. The third-order valence-corrected chi connectivity index (χ3v) is 4.98. The topological polar surface area (TPSA) is 76.1 Å². The van der Waals surface area contributed by atoms with Crippen LogP contribution in [0.3, 0.4) is 0 Å². The van der Waals surface area contributed by atoms with Crippen molar-refractivity contribution in [3.63, 3.8) is 0 Å². The zero-order valence-electron chi connectivity index (χ0n) is 14.2. The average Bonchev–Trinajstić information content (AvgIpc) is 2.94. The number of methoxy groups -OCH3 is 1. The summed E-state index contributed by atoms with van der Waals surface area (Å²) in [5, 5.41) is 8.79. The summed E-state index contributed by atoms with van der Waals surface area (Å²) in [5.74, 6) is -0.252. The van der Waals surface area contributed by atoms with E-state index in [1.807, 2.05) is 0 Å². The van der Waals surface area contributed by atoms with Crippen molar-refractivity contribution in [2.45, 2.75) is 0 Å². The molecule has 0 aliphatic carbocycles. The van der Waals surface area contributed by atoms with Crippen molar-refractivity contribution < 1.29 is 24.2 Å². The van der Waals surface area contributed by atoms with Crippen molar-refractivity contribution in [1.82, 2.24) is 0 Å². The Morgan fingerprint density at radius 3 is 2.59 bits per heavy atom. The molecule has 0 spiro atoms. The number of carbonyl (C=O) groups excluding carboxylic acids is 1. The van der Waals surface area contributed by atoms with Crippen LogP contribution in [0.4, 0.5) is 5.69 Å². The molecule has 2 aromatic rings. The lowest BCUT2D eigenvalue weighted by Crippen LogP contribution is -2.27. The number of nitrogens with zero attached hydrogens (tertiary/aromatic N) is 1. The van der Waals surface area contributed by atoms with Gasteiger partial charge in [-0.2, -0.15) is 0 Å². The van der Waals surface area contributed by atoms with E-state index in [1.165, 1.54) is 16.7 Å². The molecule has 3 rings (SSSR count). The lowest BCUT2D eigenvalue weighted by molar-refractivity contribution is -0.139. The second kappa shape index (κ2) is 8.24. The summed E-state index contributed by atoms with van der Waals surface area (Å²) in [4.78, 5) is 25.5. The minimum atomic E-state index is -1.07. The van der Waals surface area contributed by atoms with Crippen molar-refractivity contribution in [2.24, 2.45) is 0 Å². The first-order valence-electron chi connectivity index (χ1n) is 7.85. The molecule has 1 aliphatic heterocycles. The summed E-state index contributed by atoms with van der Waals surface area (Å²) in [5.41, 5.74) is 1.26. The monoisotopic (exact) mass is 401 g/mol. The average molecular weight is 401 g/mol. The Morgan fingerprint density at radius 2 is 1.93 bits per heavy atom. The van der Waals surface area contributed by atoms with E-state index in [-0.39, 0.29) is 5.91 Å². The van der Waals surface area contributed by atoms with Crippen LogP contribution in [0.15, 0.2) is 53.4 Å². The van der Waals surface area contributed by atoms with Gasteiger partial charge in [0.1, 0.15) is 11.5 Å². The van der Waals surface area contributed by atoms with Gasteiger partial charge in [0, 0.05) is 5.56 Å². The number of thiocarbonyl (C=S) groups is 1. The Hall–Kier alpha value is -2.84. The minimum Gasteiger partial charge on any atom is -0.497 e. The number of thioether (sulfide) groups is 1. The summed E-state index contributed by atoms with van der Waals surface area (Å²) >= 11 is 6.54. The van der Waals surface area contributed by atoms with E-state index in [4.69, 9.17) is 26.8 Å². The smallest absolute Gasteiger partial charge is 0.341 e. The minimum absolute atomic E-state index is 0.247. The molecule has 0 saturated carbocycles. The molecular weight excluding hydrogens is 386 g/mol. The molecule has 1 fully saturated rings. The zero-order valence-corrected chi connectivity index (χ0v) is 15.9. The summed E-state index contributed by atoms with van der Waals surface area (Å²) in [6.07, 6.45) is 1.65. The number of carbonyl (C=O) groups is 2. The molecule has 0 bridgehead atoms. The number of aliphatic carboxylic acids is 1. The number of ether oxygens (including phenoxy) is 2. The lowest BCUT2D eigenvalue weighted by atomic mass is 10.2. The van der Waals surface area contributed by atoms with Crippen molar-refractivity contribution in [3.8, 4) is 11.5 Å².